The van der Waals surface area contributed by atoms with Crippen molar-refractivity contribution in [2.24, 2.45) is 5.41 Å². The summed E-state index contributed by atoms with van der Waals surface area (Å²) in [4.78, 5) is 22.4. The van der Waals surface area contributed by atoms with Crippen molar-refractivity contribution in [2.75, 3.05) is 20.2 Å². The van der Waals surface area contributed by atoms with Gasteiger partial charge in [-0.1, -0.05) is 6.92 Å². The Morgan fingerprint density at radius 1 is 1.41 bits per heavy atom. The van der Waals surface area contributed by atoms with Gasteiger partial charge in [0.05, 0.1) is 7.11 Å². The van der Waals surface area contributed by atoms with Crippen LogP contribution in [0.15, 0.2) is 0 Å². The van der Waals surface area contributed by atoms with Crippen LogP contribution < -0.4 is 10.6 Å². The molecule has 2 N–H and O–H groups in total. The van der Waals surface area contributed by atoms with Crippen molar-refractivity contribution >= 4 is 11.9 Å². The predicted octanol–water partition coefficient (Wildman–Crippen LogP) is 0.444. The van der Waals surface area contributed by atoms with Crippen LogP contribution >= 0.6 is 0 Å². The molecule has 0 aromatic rings. The molecule has 0 aromatic heterocycles. The van der Waals surface area contributed by atoms with Gasteiger partial charge in [0.15, 0.2) is 0 Å². The Hall–Kier alpha value is -1.10. The van der Waals surface area contributed by atoms with Crippen LogP contribution in [-0.4, -0.2) is 38.1 Å². The molecule has 5 heteroatoms. The summed E-state index contributed by atoms with van der Waals surface area (Å²) >= 11 is 0. The molecule has 0 bridgehead atoms. The quantitative estimate of drug-likeness (QED) is 0.636. The number of esters is 1. The lowest BCUT2D eigenvalue weighted by molar-refractivity contribution is -0.144. The van der Waals surface area contributed by atoms with Crippen LogP contribution in [0.5, 0.6) is 0 Å². The van der Waals surface area contributed by atoms with E-state index in [9.17, 15) is 9.59 Å². The Bertz CT molecular complexity index is 287. The second kappa shape index (κ2) is 6.00. The minimum Gasteiger partial charge on any atom is -0.467 e. The van der Waals surface area contributed by atoms with Gasteiger partial charge >= 0.3 is 5.97 Å². The summed E-state index contributed by atoms with van der Waals surface area (Å²) in [6, 6.07) is -0.592. The standard InChI is InChI=1S/C12H22N2O3/c1-4-12(5-6-12)8-13-7-10(11(16)17-3)14-9(2)15/h10,13H,4-8H2,1-3H3,(H,14,15). The summed E-state index contributed by atoms with van der Waals surface area (Å²) in [6.45, 7) is 4.90. The zero-order chi connectivity index (χ0) is 12.9. The first-order valence-corrected chi connectivity index (χ1v) is 6.08. The number of hydrogen-bond donors (Lipinski definition) is 2. The summed E-state index contributed by atoms with van der Waals surface area (Å²) in [5.74, 6) is -0.632. The van der Waals surface area contributed by atoms with Crippen molar-refractivity contribution < 1.29 is 14.3 Å². The monoisotopic (exact) mass is 242 g/mol. The van der Waals surface area contributed by atoms with Gasteiger partial charge in [-0.15, -0.1) is 0 Å². The zero-order valence-electron chi connectivity index (χ0n) is 10.8. The van der Waals surface area contributed by atoms with Crippen LogP contribution in [0.4, 0.5) is 0 Å². The molecule has 1 amide bonds. The highest BCUT2D eigenvalue weighted by molar-refractivity contribution is 5.83. The molecular formula is C12H22N2O3. The molecule has 1 rings (SSSR count). The first kappa shape index (κ1) is 14.0. The largest absolute Gasteiger partial charge is 0.467 e. The van der Waals surface area contributed by atoms with Crippen molar-refractivity contribution in [3.63, 3.8) is 0 Å². The Morgan fingerprint density at radius 3 is 2.47 bits per heavy atom. The molecule has 1 fully saturated rings. The molecule has 5 nitrogen and oxygen atoms in total. The number of ether oxygens (including phenoxy) is 1. The molecule has 0 radical (unpaired) electrons. The van der Waals surface area contributed by atoms with Gasteiger partial charge in [-0.05, 0) is 24.7 Å². The van der Waals surface area contributed by atoms with Gasteiger partial charge in [-0.2, -0.15) is 0 Å². The minimum absolute atomic E-state index is 0.223. The van der Waals surface area contributed by atoms with E-state index in [1.807, 2.05) is 0 Å². The van der Waals surface area contributed by atoms with E-state index in [1.54, 1.807) is 0 Å². The Labute approximate surface area is 102 Å². The van der Waals surface area contributed by atoms with E-state index < -0.39 is 12.0 Å². The average molecular weight is 242 g/mol. The molecule has 0 aliphatic heterocycles. The van der Waals surface area contributed by atoms with Crippen molar-refractivity contribution in [2.45, 2.75) is 39.2 Å². The predicted molar refractivity (Wildman–Crippen MR) is 64.4 cm³/mol. The van der Waals surface area contributed by atoms with Gasteiger partial charge in [0.25, 0.3) is 0 Å². The topological polar surface area (TPSA) is 67.4 Å². The fraction of sp³-hybridized carbons (Fsp3) is 0.833. The second-order valence-electron chi connectivity index (χ2n) is 4.76. The third-order valence-electron chi connectivity index (χ3n) is 3.42. The average Bonchev–Trinajstić information content (AvgIpc) is 3.07. The maximum atomic E-state index is 11.4. The van der Waals surface area contributed by atoms with Crippen molar-refractivity contribution in [3.8, 4) is 0 Å². The van der Waals surface area contributed by atoms with Crippen LogP contribution in [-0.2, 0) is 14.3 Å². The van der Waals surface area contributed by atoms with Crippen LogP contribution in [0.3, 0.4) is 0 Å². The summed E-state index contributed by atoms with van der Waals surface area (Å²) in [7, 11) is 1.32. The van der Waals surface area contributed by atoms with Gasteiger partial charge in [0.2, 0.25) is 5.91 Å². The summed E-state index contributed by atoms with van der Waals surface area (Å²) in [6.07, 6.45) is 3.65. The number of carbonyl (C=O) groups is 2. The van der Waals surface area contributed by atoms with E-state index in [1.165, 1.54) is 26.9 Å². The number of amides is 1. The van der Waals surface area contributed by atoms with E-state index in [4.69, 9.17) is 0 Å². The van der Waals surface area contributed by atoms with Crippen molar-refractivity contribution in [3.05, 3.63) is 0 Å². The number of hydrogen-bond acceptors (Lipinski definition) is 4. The Morgan fingerprint density at radius 2 is 2.06 bits per heavy atom. The summed E-state index contributed by atoms with van der Waals surface area (Å²) < 4.78 is 4.64. The van der Waals surface area contributed by atoms with Crippen LogP contribution in [0.1, 0.15) is 33.1 Å². The SMILES string of the molecule is CCC1(CNCC(NC(C)=O)C(=O)OC)CC1. The molecule has 1 saturated carbocycles. The lowest BCUT2D eigenvalue weighted by atomic mass is 10.0. The van der Waals surface area contributed by atoms with E-state index in [0.717, 1.165) is 13.0 Å². The fourth-order valence-corrected chi connectivity index (χ4v) is 1.89. The van der Waals surface area contributed by atoms with Crippen LogP contribution in [0.25, 0.3) is 0 Å². The first-order valence-electron chi connectivity index (χ1n) is 6.08. The van der Waals surface area contributed by atoms with E-state index in [-0.39, 0.29) is 5.91 Å². The van der Waals surface area contributed by atoms with Crippen LogP contribution in [0.2, 0.25) is 0 Å². The van der Waals surface area contributed by atoms with Crippen molar-refractivity contribution in [1.82, 2.24) is 10.6 Å². The number of nitrogens with one attached hydrogen (secondary N) is 2. The highest BCUT2D eigenvalue weighted by atomic mass is 16.5. The number of methoxy groups -OCH3 is 1. The van der Waals surface area contributed by atoms with Gasteiger partial charge in [-0.3, -0.25) is 4.79 Å². The van der Waals surface area contributed by atoms with Gasteiger partial charge in [0, 0.05) is 20.0 Å². The molecular weight excluding hydrogens is 220 g/mol. The molecule has 0 saturated heterocycles. The Kier molecular flexibility index (Phi) is 4.93. The fourth-order valence-electron chi connectivity index (χ4n) is 1.89. The maximum Gasteiger partial charge on any atom is 0.329 e. The molecule has 0 spiro atoms. The van der Waals surface area contributed by atoms with E-state index >= 15 is 0 Å². The number of carbonyl (C=O) groups excluding carboxylic acids is 2. The van der Waals surface area contributed by atoms with E-state index in [2.05, 4.69) is 22.3 Å². The smallest absolute Gasteiger partial charge is 0.329 e. The van der Waals surface area contributed by atoms with Crippen LogP contribution in [0, 0.1) is 5.41 Å². The van der Waals surface area contributed by atoms with Gasteiger partial charge in [-0.25, -0.2) is 4.79 Å². The lowest BCUT2D eigenvalue weighted by Crippen LogP contribution is -2.47. The molecule has 0 aromatic carbocycles. The summed E-state index contributed by atoms with van der Waals surface area (Å²) in [5.41, 5.74) is 0.427. The molecule has 98 valence electrons. The molecule has 1 atom stereocenters. The first-order chi connectivity index (χ1) is 8.03. The highest BCUT2D eigenvalue weighted by Crippen LogP contribution is 2.47. The molecule has 1 aliphatic carbocycles. The van der Waals surface area contributed by atoms with E-state index in [0.29, 0.717) is 12.0 Å². The molecule has 0 heterocycles. The summed E-state index contributed by atoms with van der Waals surface area (Å²) in [5, 5.41) is 5.82. The molecule has 1 unspecified atom stereocenters. The second-order valence-corrected chi connectivity index (χ2v) is 4.76. The number of rotatable bonds is 7. The zero-order valence-corrected chi connectivity index (χ0v) is 10.8. The van der Waals surface area contributed by atoms with Gasteiger partial charge in [0.1, 0.15) is 6.04 Å². The third kappa shape index (κ3) is 4.34. The third-order valence-corrected chi connectivity index (χ3v) is 3.42. The Balaban J connectivity index is 2.33. The maximum absolute atomic E-state index is 11.4. The molecule has 17 heavy (non-hydrogen) atoms. The highest BCUT2D eigenvalue weighted by Gasteiger charge is 2.40. The molecule has 1 aliphatic rings. The van der Waals surface area contributed by atoms with Gasteiger partial charge < -0.3 is 15.4 Å². The normalized spacial score (nSPS) is 18.3. The lowest BCUT2D eigenvalue weighted by Gasteiger charge is -2.18. The van der Waals surface area contributed by atoms with Crippen molar-refractivity contribution in [1.29, 1.82) is 0 Å². The minimum atomic E-state index is -0.592.